The number of rotatable bonds is 4. The van der Waals surface area contributed by atoms with Gasteiger partial charge in [0.2, 0.25) is 0 Å². The molecule has 1 aromatic carbocycles. The Morgan fingerprint density at radius 2 is 1.88 bits per heavy atom. The summed E-state index contributed by atoms with van der Waals surface area (Å²) in [5, 5.41) is 10.6. The van der Waals surface area contributed by atoms with Gasteiger partial charge in [0, 0.05) is 0 Å². The molecule has 0 amide bonds. The highest BCUT2D eigenvalue weighted by Crippen LogP contribution is 2.40. The molecular formula is C24H29NO. The van der Waals surface area contributed by atoms with E-state index >= 15 is 0 Å². The normalized spacial score (nSPS) is 20.7. The van der Waals surface area contributed by atoms with Crippen molar-refractivity contribution in [1.82, 2.24) is 4.98 Å². The van der Waals surface area contributed by atoms with E-state index in [4.69, 9.17) is 4.98 Å². The third-order valence-electron chi connectivity index (χ3n) is 5.87. The highest BCUT2D eigenvalue weighted by atomic mass is 16.3. The van der Waals surface area contributed by atoms with Crippen molar-refractivity contribution in [3.63, 3.8) is 0 Å². The lowest BCUT2D eigenvalue weighted by Gasteiger charge is -2.30. The number of aromatic nitrogens is 1. The maximum atomic E-state index is 10.6. The van der Waals surface area contributed by atoms with Crippen LogP contribution in [-0.2, 0) is 19.3 Å². The molecule has 0 bridgehead atoms. The number of allylic oxidation sites excluding steroid dienone is 1. The zero-order valence-electron chi connectivity index (χ0n) is 15.8. The smallest absolute Gasteiger partial charge is 0.0963 e. The van der Waals surface area contributed by atoms with Gasteiger partial charge in [-0.1, -0.05) is 43.7 Å². The molecule has 2 nitrogen and oxygen atoms in total. The molecule has 1 atom stereocenters. The van der Waals surface area contributed by atoms with E-state index in [1.54, 1.807) is 0 Å². The predicted molar refractivity (Wildman–Crippen MR) is 108 cm³/mol. The lowest BCUT2D eigenvalue weighted by atomic mass is 9.80. The highest BCUT2D eigenvalue weighted by molar-refractivity contribution is 5.82. The second-order valence-electron chi connectivity index (χ2n) is 7.73. The number of benzene rings is 1. The van der Waals surface area contributed by atoms with Crippen LogP contribution in [0.3, 0.4) is 0 Å². The van der Waals surface area contributed by atoms with E-state index in [1.165, 1.54) is 52.8 Å². The highest BCUT2D eigenvalue weighted by Gasteiger charge is 2.28. The van der Waals surface area contributed by atoms with Crippen LogP contribution in [0.15, 0.2) is 30.3 Å². The van der Waals surface area contributed by atoms with Gasteiger partial charge in [-0.3, -0.25) is 0 Å². The Hall–Kier alpha value is -1.93. The van der Waals surface area contributed by atoms with Crippen molar-refractivity contribution in [2.45, 2.75) is 70.8 Å². The molecule has 0 fully saturated rings. The molecule has 0 saturated heterocycles. The largest absolute Gasteiger partial charge is 0.387 e. The fourth-order valence-electron chi connectivity index (χ4n) is 4.55. The molecule has 4 rings (SSSR count). The van der Waals surface area contributed by atoms with Gasteiger partial charge in [0.15, 0.2) is 0 Å². The Morgan fingerprint density at radius 1 is 1.08 bits per heavy atom. The molecule has 136 valence electrons. The van der Waals surface area contributed by atoms with Gasteiger partial charge in [0.1, 0.15) is 0 Å². The van der Waals surface area contributed by atoms with E-state index in [9.17, 15) is 5.11 Å². The first-order chi connectivity index (χ1) is 12.8. The molecule has 2 aliphatic carbocycles. The van der Waals surface area contributed by atoms with Gasteiger partial charge < -0.3 is 5.11 Å². The van der Waals surface area contributed by atoms with Gasteiger partial charge in [-0.15, -0.1) is 0 Å². The average Bonchev–Trinajstić information content (AvgIpc) is 2.67. The Labute approximate surface area is 157 Å². The second-order valence-corrected chi connectivity index (χ2v) is 7.73. The maximum Gasteiger partial charge on any atom is 0.0963 e. The summed E-state index contributed by atoms with van der Waals surface area (Å²) in [7, 11) is 0. The second kappa shape index (κ2) is 7.75. The van der Waals surface area contributed by atoms with E-state index in [-0.39, 0.29) is 6.10 Å². The Balaban J connectivity index is 1.85. The minimum atomic E-state index is -0.385. The van der Waals surface area contributed by atoms with Crippen LogP contribution in [0.2, 0.25) is 0 Å². The molecule has 2 aromatic rings. The molecule has 0 radical (unpaired) electrons. The molecule has 1 N–H and O–H groups in total. The number of hydrogen-bond acceptors (Lipinski definition) is 2. The van der Waals surface area contributed by atoms with Gasteiger partial charge in [0.05, 0.1) is 17.5 Å². The first-order valence-electron chi connectivity index (χ1n) is 10.3. The van der Waals surface area contributed by atoms with Crippen molar-refractivity contribution in [1.29, 1.82) is 0 Å². The van der Waals surface area contributed by atoms with Crippen LogP contribution in [-0.4, -0.2) is 10.1 Å². The van der Waals surface area contributed by atoms with Gasteiger partial charge >= 0.3 is 0 Å². The summed E-state index contributed by atoms with van der Waals surface area (Å²) in [5.74, 6) is 0. The summed E-state index contributed by atoms with van der Waals surface area (Å²) in [4.78, 5) is 5.06. The van der Waals surface area contributed by atoms with Crippen LogP contribution in [0, 0.1) is 0 Å². The number of fused-ring (bicyclic) bond motifs is 2. The first kappa shape index (κ1) is 17.5. The minimum Gasteiger partial charge on any atom is -0.387 e. The molecule has 26 heavy (non-hydrogen) atoms. The number of pyridine rings is 1. The summed E-state index contributed by atoms with van der Waals surface area (Å²) in [6, 6.07) is 10.6. The average molecular weight is 348 g/mol. The van der Waals surface area contributed by atoms with Gasteiger partial charge in [-0.05, 0) is 85.3 Å². The van der Waals surface area contributed by atoms with Crippen LogP contribution >= 0.6 is 0 Å². The lowest BCUT2D eigenvalue weighted by molar-refractivity contribution is 0.151. The third-order valence-corrected chi connectivity index (χ3v) is 5.87. The molecule has 1 unspecified atom stereocenters. The van der Waals surface area contributed by atoms with E-state index in [0.717, 1.165) is 44.2 Å². The molecule has 2 heteroatoms. The van der Waals surface area contributed by atoms with E-state index in [0.29, 0.717) is 0 Å². The van der Waals surface area contributed by atoms with Crippen molar-refractivity contribution in [2.75, 3.05) is 0 Å². The summed E-state index contributed by atoms with van der Waals surface area (Å²) in [6.45, 7) is 2.26. The zero-order chi connectivity index (χ0) is 17.9. The molecule has 0 saturated carbocycles. The number of nitrogens with zero attached hydrogens (tertiary/aromatic N) is 1. The van der Waals surface area contributed by atoms with Crippen molar-refractivity contribution >= 4 is 11.6 Å². The van der Waals surface area contributed by atoms with Crippen LogP contribution in [0.5, 0.6) is 0 Å². The molecular weight excluding hydrogens is 318 g/mol. The van der Waals surface area contributed by atoms with E-state index in [1.807, 2.05) is 0 Å². The summed E-state index contributed by atoms with van der Waals surface area (Å²) >= 11 is 0. The number of unbranched alkanes of at least 4 members (excludes halogenated alkanes) is 1. The Kier molecular flexibility index (Phi) is 5.21. The SMILES string of the molecule is CCCCc1c2c(nc3c1CCCC3O)/C(=C/c1ccccc1)CCC2. The Morgan fingerprint density at radius 3 is 2.69 bits per heavy atom. The summed E-state index contributed by atoms with van der Waals surface area (Å²) in [5.41, 5.74) is 9.09. The molecule has 0 spiro atoms. The van der Waals surface area contributed by atoms with Gasteiger partial charge in [-0.25, -0.2) is 4.98 Å². The predicted octanol–water partition coefficient (Wildman–Crippen LogP) is 5.67. The van der Waals surface area contributed by atoms with E-state index < -0.39 is 0 Å². The number of aliphatic hydroxyl groups is 1. The fourth-order valence-corrected chi connectivity index (χ4v) is 4.55. The lowest BCUT2D eigenvalue weighted by Crippen LogP contribution is -2.20. The van der Waals surface area contributed by atoms with Gasteiger partial charge in [0.25, 0.3) is 0 Å². The quantitative estimate of drug-likeness (QED) is 0.773. The van der Waals surface area contributed by atoms with Gasteiger partial charge in [-0.2, -0.15) is 0 Å². The molecule has 1 aromatic heterocycles. The number of hydrogen-bond donors (Lipinski definition) is 1. The van der Waals surface area contributed by atoms with Crippen LogP contribution < -0.4 is 0 Å². The standard InChI is InChI=1S/C24H29NO/c1-2-3-12-19-20-13-7-11-18(16-17-9-5-4-6-10-17)23(20)25-24-21(19)14-8-15-22(24)26/h4-6,9-10,16,22,26H,2-3,7-8,11-15H2,1H3/b18-16+. The maximum absolute atomic E-state index is 10.6. The van der Waals surface area contributed by atoms with Crippen LogP contribution in [0.25, 0.3) is 11.6 Å². The number of aliphatic hydroxyl groups excluding tert-OH is 1. The first-order valence-corrected chi connectivity index (χ1v) is 10.3. The fraction of sp³-hybridized carbons (Fsp3) is 0.458. The van der Waals surface area contributed by atoms with Crippen molar-refractivity contribution < 1.29 is 5.11 Å². The topological polar surface area (TPSA) is 33.1 Å². The zero-order valence-corrected chi connectivity index (χ0v) is 15.8. The Bertz CT molecular complexity index is 807. The van der Waals surface area contributed by atoms with Crippen molar-refractivity contribution in [2.24, 2.45) is 0 Å². The minimum absolute atomic E-state index is 0.385. The summed E-state index contributed by atoms with van der Waals surface area (Å²) in [6.07, 6.45) is 11.9. The third kappa shape index (κ3) is 3.35. The van der Waals surface area contributed by atoms with Crippen LogP contribution in [0.1, 0.15) is 85.2 Å². The molecule has 1 heterocycles. The monoisotopic (exact) mass is 347 g/mol. The van der Waals surface area contributed by atoms with Crippen LogP contribution in [0.4, 0.5) is 0 Å². The molecule has 0 aliphatic heterocycles. The van der Waals surface area contributed by atoms with Crippen molar-refractivity contribution in [3.8, 4) is 0 Å². The molecule has 2 aliphatic rings. The van der Waals surface area contributed by atoms with E-state index in [2.05, 4.69) is 43.3 Å². The summed E-state index contributed by atoms with van der Waals surface area (Å²) < 4.78 is 0. The van der Waals surface area contributed by atoms with Crippen molar-refractivity contribution in [3.05, 3.63) is 64.0 Å².